The second-order valence-electron chi connectivity index (χ2n) is 7.42. The average molecular weight is 441 g/mol. The number of nitrogens with one attached hydrogen (secondary N) is 1. The molecule has 2 aliphatic heterocycles. The fraction of sp³-hybridized carbons (Fsp3) is 0.450. The van der Waals surface area contributed by atoms with Crippen molar-refractivity contribution in [1.29, 1.82) is 0 Å². The number of carbonyl (C=O) groups is 2. The second-order valence-corrected chi connectivity index (χ2v) is 7.42. The maximum absolute atomic E-state index is 12.6. The number of carboxylic acid groups (broad SMARTS) is 1. The maximum Gasteiger partial charge on any atom is 0.490 e. The van der Waals surface area contributed by atoms with E-state index in [1.54, 1.807) is 18.5 Å². The largest absolute Gasteiger partial charge is 0.490 e. The van der Waals surface area contributed by atoms with E-state index in [0.717, 1.165) is 25.2 Å². The zero-order valence-electron chi connectivity index (χ0n) is 16.7. The molecule has 2 fully saturated rings. The van der Waals surface area contributed by atoms with Crippen molar-refractivity contribution in [1.82, 2.24) is 9.88 Å². The molecule has 4 rings (SSSR count). The van der Waals surface area contributed by atoms with E-state index >= 15 is 0 Å². The Labute approximate surface area is 176 Å². The van der Waals surface area contributed by atoms with Crippen LogP contribution in [0.1, 0.15) is 29.0 Å². The Morgan fingerprint density at radius 1 is 1.32 bits per heavy atom. The first kappa shape index (κ1) is 22.6. The van der Waals surface area contributed by atoms with Gasteiger partial charge in [-0.2, -0.15) is 13.2 Å². The highest BCUT2D eigenvalue weighted by Gasteiger charge is 2.47. The molecule has 0 bridgehead atoms. The number of alkyl halides is 3. The van der Waals surface area contributed by atoms with Crippen LogP contribution in [0.5, 0.6) is 0 Å². The number of amides is 1. The Morgan fingerprint density at radius 3 is 2.65 bits per heavy atom. The number of pyridine rings is 1. The van der Waals surface area contributed by atoms with E-state index in [4.69, 9.17) is 19.1 Å². The summed E-state index contributed by atoms with van der Waals surface area (Å²) in [5, 5.41) is 10.5. The van der Waals surface area contributed by atoms with Crippen LogP contribution in [0.4, 0.5) is 19.0 Å². The summed E-state index contributed by atoms with van der Waals surface area (Å²) in [6, 6.07) is 7.78. The normalized spacial score (nSPS) is 22.8. The molecule has 2 aromatic heterocycles. The van der Waals surface area contributed by atoms with Crippen LogP contribution in [0.15, 0.2) is 41.1 Å². The molecule has 1 amide bonds. The van der Waals surface area contributed by atoms with Crippen molar-refractivity contribution in [3.63, 3.8) is 0 Å². The number of carbonyl (C=O) groups excluding carboxylic acids is 1. The number of rotatable bonds is 3. The van der Waals surface area contributed by atoms with Crippen LogP contribution in [-0.2, 0) is 9.53 Å². The Kier molecular flexibility index (Phi) is 6.54. The summed E-state index contributed by atoms with van der Waals surface area (Å²) < 4.78 is 43.1. The Bertz CT molecular complexity index is 918. The minimum atomic E-state index is -5.08. The molecule has 2 N–H and O–H groups in total. The van der Waals surface area contributed by atoms with Gasteiger partial charge in [0, 0.05) is 19.2 Å². The zero-order chi connectivity index (χ0) is 22.6. The monoisotopic (exact) mass is 441 g/mol. The first-order chi connectivity index (χ1) is 14.6. The third kappa shape index (κ3) is 5.54. The number of hydrogen-bond donors (Lipinski definition) is 2. The summed E-state index contributed by atoms with van der Waals surface area (Å²) in [7, 11) is 0. The molecule has 2 aliphatic rings. The van der Waals surface area contributed by atoms with Gasteiger partial charge in [-0.15, -0.1) is 0 Å². The summed E-state index contributed by atoms with van der Waals surface area (Å²) in [5.41, 5.74) is 0.410. The minimum absolute atomic E-state index is 0.0304. The lowest BCUT2D eigenvalue weighted by Crippen LogP contribution is -2.36. The van der Waals surface area contributed by atoms with Crippen LogP contribution >= 0.6 is 0 Å². The third-order valence-electron chi connectivity index (χ3n) is 5.16. The predicted molar refractivity (Wildman–Crippen MR) is 103 cm³/mol. The zero-order valence-corrected chi connectivity index (χ0v) is 16.7. The Balaban J connectivity index is 0.000000339. The number of hydrogen-bond acceptors (Lipinski definition) is 6. The van der Waals surface area contributed by atoms with Gasteiger partial charge in [-0.1, -0.05) is 6.07 Å². The molecule has 0 aromatic carbocycles. The molecule has 4 heterocycles. The Hall–Kier alpha value is -3.08. The highest BCUT2D eigenvalue weighted by Crippen LogP contribution is 2.36. The lowest BCUT2D eigenvalue weighted by atomic mass is 9.97. The average Bonchev–Trinajstić information content (AvgIpc) is 3.43. The number of anilines is 1. The van der Waals surface area contributed by atoms with Gasteiger partial charge in [0.25, 0.3) is 5.91 Å². The minimum Gasteiger partial charge on any atom is -0.475 e. The molecule has 31 heavy (non-hydrogen) atoms. The standard InChI is InChI=1S/C18H21N3O3.C2HF3O2/c1-13-15(5-9-23-13)17(22)21-8-6-18(12-21)10-14(11-24-18)20-16-4-2-3-7-19-16;3-2(4,5)1(6)7/h2-5,7,9,14H,6,8,10-12H2,1H3,(H,19,20);(H,6,7). The van der Waals surface area contributed by atoms with E-state index in [-0.39, 0.29) is 17.6 Å². The van der Waals surface area contributed by atoms with E-state index in [2.05, 4.69) is 10.3 Å². The molecule has 1 spiro atoms. The highest BCUT2D eigenvalue weighted by molar-refractivity contribution is 5.95. The molecule has 0 radical (unpaired) electrons. The van der Waals surface area contributed by atoms with Crippen molar-refractivity contribution in [2.24, 2.45) is 0 Å². The number of aliphatic carboxylic acids is 1. The van der Waals surface area contributed by atoms with Crippen molar-refractivity contribution in [3.05, 3.63) is 48.0 Å². The van der Waals surface area contributed by atoms with Crippen molar-refractivity contribution >= 4 is 17.7 Å². The molecule has 2 aromatic rings. The van der Waals surface area contributed by atoms with E-state index in [1.807, 2.05) is 30.0 Å². The summed E-state index contributed by atoms with van der Waals surface area (Å²) >= 11 is 0. The van der Waals surface area contributed by atoms with Gasteiger partial charge < -0.3 is 24.5 Å². The number of halogens is 3. The third-order valence-corrected chi connectivity index (χ3v) is 5.16. The molecule has 168 valence electrons. The molecule has 0 saturated carbocycles. The first-order valence-electron chi connectivity index (χ1n) is 9.55. The molecular weight excluding hydrogens is 419 g/mol. The van der Waals surface area contributed by atoms with Crippen LogP contribution in [0, 0.1) is 6.92 Å². The fourth-order valence-electron chi connectivity index (χ4n) is 3.67. The maximum atomic E-state index is 12.6. The van der Waals surface area contributed by atoms with Crippen molar-refractivity contribution in [2.45, 2.75) is 37.6 Å². The van der Waals surface area contributed by atoms with Gasteiger partial charge in [0.05, 0.1) is 36.6 Å². The number of nitrogens with zero attached hydrogens (tertiary/aromatic N) is 2. The SMILES string of the molecule is Cc1occc1C(=O)N1CCC2(CC(Nc3ccccn3)CO2)C1.O=C(O)C(F)(F)F. The number of furan rings is 1. The number of likely N-dealkylation sites (tertiary alicyclic amines) is 1. The van der Waals surface area contributed by atoms with Gasteiger partial charge in [0.2, 0.25) is 0 Å². The lowest BCUT2D eigenvalue weighted by molar-refractivity contribution is -0.192. The summed E-state index contributed by atoms with van der Waals surface area (Å²) in [6.07, 6.45) is 0.0121. The number of ether oxygens (including phenoxy) is 1. The number of aryl methyl sites for hydroxylation is 1. The molecule has 2 atom stereocenters. The Morgan fingerprint density at radius 2 is 2.06 bits per heavy atom. The molecule has 11 heteroatoms. The smallest absolute Gasteiger partial charge is 0.475 e. The molecule has 2 unspecified atom stereocenters. The van der Waals surface area contributed by atoms with E-state index in [9.17, 15) is 18.0 Å². The van der Waals surface area contributed by atoms with Gasteiger partial charge in [0.1, 0.15) is 11.6 Å². The van der Waals surface area contributed by atoms with Crippen LogP contribution in [0.3, 0.4) is 0 Å². The number of carboxylic acids is 1. The topological polar surface area (TPSA) is 105 Å². The van der Waals surface area contributed by atoms with E-state index in [1.165, 1.54) is 0 Å². The van der Waals surface area contributed by atoms with Gasteiger partial charge >= 0.3 is 12.1 Å². The number of aromatic nitrogens is 1. The van der Waals surface area contributed by atoms with E-state index < -0.39 is 12.1 Å². The first-order valence-corrected chi connectivity index (χ1v) is 9.55. The van der Waals surface area contributed by atoms with E-state index in [0.29, 0.717) is 24.5 Å². The summed E-state index contributed by atoms with van der Waals surface area (Å²) in [6.45, 7) is 3.82. The van der Waals surface area contributed by atoms with Gasteiger partial charge in [-0.05, 0) is 31.5 Å². The van der Waals surface area contributed by atoms with Crippen LogP contribution in [0.25, 0.3) is 0 Å². The van der Waals surface area contributed by atoms with Gasteiger partial charge in [0.15, 0.2) is 0 Å². The summed E-state index contributed by atoms with van der Waals surface area (Å²) in [5.74, 6) is -1.19. The highest BCUT2D eigenvalue weighted by atomic mass is 19.4. The van der Waals surface area contributed by atoms with Crippen molar-refractivity contribution in [2.75, 3.05) is 25.0 Å². The fourth-order valence-corrected chi connectivity index (χ4v) is 3.67. The second kappa shape index (κ2) is 8.96. The van der Waals surface area contributed by atoms with Crippen LogP contribution in [0.2, 0.25) is 0 Å². The van der Waals surface area contributed by atoms with Gasteiger partial charge in [-0.25, -0.2) is 9.78 Å². The summed E-state index contributed by atoms with van der Waals surface area (Å²) in [4.78, 5) is 27.7. The van der Waals surface area contributed by atoms with Crippen LogP contribution in [-0.4, -0.2) is 64.4 Å². The molecule has 8 nitrogen and oxygen atoms in total. The molecular formula is C20H22F3N3O5. The van der Waals surface area contributed by atoms with Gasteiger partial charge in [-0.3, -0.25) is 4.79 Å². The quantitative estimate of drug-likeness (QED) is 0.754. The van der Waals surface area contributed by atoms with Crippen LogP contribution < -0.4 is 5.32 Å². The van der Waals surface area contributed by atoms with Crippen molar-refractivity contribution < 1.29 is 37.0 Å². The predicted octanol–water partition coefficient (Wildman–Crippen LogP) is 3.10. The lowest BCUT2D eigenvalue weighted by Gasteiger charge is -2.23. The molecule has 0 aliphatic carbocycles. The molecule has 2 saturated heterocycles. The van der Waals surface area contributed by atoms with Crippen molar-refractivity contribution in [3.8, 4) is 0 Å².